The number of hydrogen-bond acceptors (Lipinski definition) is 6. The Morgan fingerprint density at radius 1 is 1.30 bits per heavy atom. The van der Waals surface area contributed by atoms with Crippen LogP contribution in [0.2, 0.25) is 0 Å². The van der Waals surface area contributed by atoms with Crippen LogP contribution in [-0.2, 0) is 17.6 Å². The Bertz CT molecular complexity index is 919. The fraction of sp³-hybridized carbons (Fsp3) is 0.368. The van der Waals surface area contributed by atoms with Crippen LogP contribution in [0.25, 0.3) is 0 Å². The smallest absolute Gasteiger partial charge is 0.341 e. The molecule has 1 aliphatic rings. The van der Waals surface area contributed by atoms with Gasteiger partial charge in [0.1, 0.15) is 5.00 Å². The molecule has 1 amide bonds. The molecular weight excluding hydrogens is 368 g/mol. The Morgan fingerprint density at radius 2 is 2.04 bits per heavy atom. The van der Waals surface area contributed by atoms with E-state index in [4.69, 9.17) is 4.74 Å². The van der Waals surface area contributed by atoms with Crippen LogP contribution in [0.15, 0.2) is 18.2 Å². The van der Waals surface area contributed by atoms with Crippen molar-refractivity contribution in [2.24, 2.45) is 0 Å². The number of nitrogens with zero attached hydrogens (tertiary/aromatic N) is 1. The zero-order chi connectivity index (χ0) is 19.6. The van der Waals surface area contributed by atoms with E-state index in [2.05, 4.69) is 5.32 Å². The van der Waals surface area contributed by atoms with Gasteiger partial charge in [0.25, 0.3) is 11.6 Å². The van der Waals surface area contributed by atoms with Crippen molar-refractivity contribution in [3.63, 3.8) is 0 Å². The van der Waals surface area contributed by atoms with E-state index in [9.17, 15) is 19.7 Å². The summed E-state index contributed by atoms with van der Waals surface area (Å²) in [5.41, 5.74) is 1.77. The van der Waals surface area contributed by atoms with Gasteiger partial charge in [-0.25, -0.2) is 4.79 Å². The summed E-state index contributed by atoms with van der Waals surface area (Å²) < 4.78 is 5.18. The van der Waals surface area contributed by atoms with Gasteiger partial charge < -0.3 is 10.1 Å². The summed E-state index contributed by atoms with van der Waals surface area (Å²) in [4.78, 5) is 36.9. The summed E-state index contributed by atoms with van der Waals surface area (Å²) >= 11 is 1.39. The highest BCUT2D eigenvalue weighted by molar-refractivity contribution is 7.17. The standard InChI is InChI=1S/C19H20N2O5S/c1-3-26-19(23)16-13-7-4-5-10-15(13)27-18(16)20-17(22)12-8-6-9-14(11(12)2)21(24)25/h6,8-9H,3-5,7,10H2,1-2H3,(H,20,22). The Balaban J connectivity index is 1.97. The molecule has 3 rings (SSSR count). The molecule has 0 spiro atoms. The molecule has 0 saturated carbocycles. The number of ether oxygens (including phenoxy) is 1. The van der Waals surface area contributed by atoms with Crippen LogP contribution < -0.4 is 5.32 Å². The van der Waals surface area contributed by atoms with Crippen LogP contribution >= 0.6 is 11.3 Å². The molecule has 2 aromatic rings. The van der Waals surface area contributed by atoms with Crippen LogP contribution in [-0.4, -0.2) is 23.4 Å². The molecule has 8 heteroatoms. The average Bonchev–Trinajstić information content (AvgIpc) is 2.99. The maximum atomic E-state index is 12.8. The van der Waals surface area contributed by atoms with E-state index in [-0.39, 0.29) is 17.9 Å². The fourth-order valence-corrected chi connectivity index (χ4v) is 4.58. The monoisotopic (exact) mass is 388 g/mol. The van der Waals surface area contributed by atoms with Gasteiger partial charge in [-0.2, -0.15) is 0 Å². The van der Waals surface area contributed by atoms with Gasteiger partial charge in [0, 0.05) is 22.1 Å². The molecule has 0 atom stereocenters. The summed E-state index contributed by atoms with van der Waals surface area (Å²) in [6, 6.07) is 4.38. The zero-order valence-electron chi connectivity index (χ0n) is 15.2. The van der Waals surface area contributed by atoms with Gasteiger partial charge in [0.05, 0.1) is 17.1 Å². The molecule has 0 bridgehead atoms. The molecule has 0 fully saturated rings. The van der Waals surface area contributed by atoms with Gasteiger partial charge in [0.15, 0.2) is 0 Å². The summed E-state index contributed by atoms with van der Waals surface area (Å²) in [5.74, 6) is -0.914. The third kappa shape index (κ3) is 3.71. The summed E-state index contributed by atoms with van der Waals surface area (Å²) in [5, 5.41) is 14.4. The number of aryl methyl sites for hydroxylation is 1. The van der Waals surface area contributed by atoms with E-state index in [1.54, 1.807) is 13.8 Å². The maximum absolute atomic E-state index is 12.8. The number of amides is 1. The van der Waals surface area contributed by atoms with Crippen molar-refractivity contribution >= 4 is 33.9 Å². The lowest BCUT2D eigenvalue weighted by molar-refractivity contribution is -0.385. The number of benzene rings is 1. The minimum atomic E-state index is -0.514. The van der Waals surface area contributed by atoms with Crippen molar-refractivity contribution in [2.75, 3.05) is 11.9 Å². The lowest BCUT2D eigenvalue weighted by atomic mass is 9.95. The number of carbonyl (C=O) groups excluding carboxylic acids is 2. The molecule has 1 aromatic heterocycles. The van der Waals surface area contributed by atoms with Gasteiger partial charge in [-0.3, -0.25) is 14.9 Å². The molecule has 0 unspecified atom stereocenters. The molecule has 0 saturated heterocycles. The minimum Gasteiger partial charge on any atom is -0.462 e. The van der Waals surface area contributed by atoms with Crippen LogP contribution in [0.5, 0.6) is 0 Å². The Hall–Kier alpha value is -2.74. The number of hydrogen-bond donors (Lipinski definition) is 1. The topological polar surface area (TPSA) is 98.5 Å². The largest absolute Gasteiger partial charge is 0.462 e. The first kappa shape index (κ1) is 19.0. The SMILES string of the molecule is CCOC(=O)c1c(NC(=O)c2cccc([N+](=O)[O-])c2C)sc2c1CCCC2. The van der Waals surface area contributed by atoms with Gasteiger partial charge in [0.2, 0.25) is 0 Å². The van der Waals surface area contributed by atoms with Crippen molar-refractivity contribution in [1.29, 1.82) is 0 Å². The van der Waals surface area contributed by atoms with Crippen LogP contribution in [0.1, 0.15) is 56.5 Å². The first-order valence-corrected chi connectivity index (χ1v) is 9.62. The number of rotatable bonds is 5. The van der Waals surface area contributed by atoms with Crippen LogP contribution in [0, 0.1) is 17.0 Å². The molecule has 0 radical (unpaired) electrons. The lowest BCUT2D eigenvalue weighted by Crippen LogP contribution is -2.17. The van der Waals surface area contributed by atoms with Crippen molar-refractivity contribution in [1.82, 2.24) is 0 Å². The molecule has 0 aliphatic heterocycles. The molecule has 7 nitrogen and oxygen atoms in total. The molecular formula is C19H20N2O5S. The van der Waals surface area contributed by atoms with Crippen molar-refractivity contribution in [2.45, 2.75) is 39.5 Å². The third-order valence-electron chi connectivity index (χ3n) is 4.62. The van der Waals surface area contributed by atoms with E-state index in [0.29, 0.717) is 16.1 Å². The van der Waals surface area contributed by atoms with Crippen molar-refractivity contribution < 1.29 is 19.2 Å². The number of carbonyl (C=O) groups is 2. The first-order valence-electron chi connectivity index (χ1n) is 8.81. The molecule has 27 heavy (non-hydrogen) atoms. The Morgan fingerprint density at radius 3 is 2.74 bits per heavy atom. The van der Waals surface area contributed by atoms with Gasteiger partial charge in [-0.1, -0.05) is 6.07 Å². The van der Waals surface area contributed by atoms with E-state index < -0.39 is 16.8 Å². The number of thiophene rings is 1. The second kappa shape index (κ2) is 7.87. The number of nitro benzene ring substituents is 1. The first-order chi connectivity index (χ1) is 12.9. The number of fused-ring (bicyclic) bond motifs is 1. The highest BCUT2D eigenvalue weighted by Gasteiger charge is 2.28. The van der Waals surface area contributed by atoms with Crippen molar-refractivity contribution in [3.05, 3.63) is 55.4 Å². The number of nitrogens with one attached hydrogen (secondary N) is 1. The summed E-state index contributed by atoms with van der Waals surface area (Å²) in [6.45, 7) is 3.53. The van der Waals surface area contributed by atoms with Crippen LogP contribution in [0.3, 0.4) is 0 Å². The third-order valence-corrected chi connectivity index (χ3v) is 5.83. The molecule has 1 aliphatic carbocycles. The highest BCUT2D eigenvalue weighted by Crippen LogP contribution is 2.39. The Labute approximate surface area is 160 Å². The molecule has 1 N–H and O–H groups in total. The molecule has 1 aromatic carbocycles. The fourth-order valence-electron chi connectivity index (χ4n) is 3.31. The minimum absolute atomic E-state index is 0.112. The maximum Gasteiger partial charge on any atom is 0.341 e. The van der Waals surface area contributed by atoms with Crippen molar-refractivity contribution in [3.8, 4) is 0 Å². The molecule has 1 heterocycles. The van der Waals surface area contributed by atoms with Crippen LogP contribution in [0.4, 0.5) is 10.7 Å². The number of esters is 1. The van der Waals surface area contributed by atoms with Gasteiger partial charge in [-0.05, 0) is 51.2 Å². The summed E-state index contributed by atoms with van der Waals surface area (Å²) in [6.07, 6.45) is 3.70. The highest BCUT2D eigenvalue weighted by atomic mass is 32.1. The molecule has 142 valence electrons. The lowest BCUT2D eigenvalue weighted by Gasteiger charge is -2.12. The van der Waals surface area contributed by atoms with E-state index in [0.717, 1.165) is 36.1 Å². The quantitative estimate of drug-likeness (QED) is 0.468. The second-order valence-corrected chi connectivity index (χ2v) is 7.40. The normalized spacial score (nSPS) is 13.0. The van der Waals surface area contributed by atoms with E-state index in [1.165, 1.54) is 29.5 Å². The van der Waals surface area contributed by atoms with E-state index >= 15 is 0 Å². The number of anilines is 1. The average molecular weight is 388 g/mol. The van der Waals surface area contributed by atoms with Gasteiger partial charge >= 0.3 is 5.97 Å². The second-order valence-electron chi connectivity index (χ2n) is 6.30. The van der Waals surface area contributed by atoms with Gasteiger partial charge in [-0.15, -0.1) is 11.3 Å². The zero-order valence-corrected chi connectivity index (χ0v) is 16.0. The predicted molar refractivity (Wildman–Crippen MR) is 103 cm³/mol. The van der Waals surface area contributed by atoms with E-state index in [1.807, 2.05) is 0 Å². The summed E-state index contributed by atoms with van der Waals surface area (Å²) in [7, 11) is 0. The number of nitro groups is 1. The Kier molecular flexibility index (Phi) is 5.55. The predicted octanol–water partition coefficient (Wildman–Crippen LogP) is 4.27.